The molecule has 0 saturated carbocycles. The summed E-state index contributed by atoms with van der Waals surface area (Å²) in [6.45, 7) is 2.03. The fraction of sp³-hybridized carbons (Fsp3) is 0.750. The molecule has 2 rings (SSSR count). The number of nitrogen functional groups attached to an aromatic ring is 1. The van der Waals surface area contributed by atoms with Crippen molar-refractivity contribution in [3.05, 3.63) is 0 Å². The third kappa shape index (κ3) is 3.15. The lowest BCUT2D eigenvalue weighted by atomic mass is 10.0. The molecule has 1 aromatic rings. The minimum atomic E-state index is -3.59. The maximum atomic E-state index is 12.5. The van der Waals surface area contributed by atoms with Crippen molar-refractivity contribution in [2.75, 3.05) is 51.9 Å². The van der Waals surface area contributed by atoms with Crippen molar-refractivity contribution >= 4 is 32.4 Å². The molecular weight excluding hydrogens is 310 g/mol. The van der Waals surface area contributed by atoms with Crippen LogP contribution in [0.4, 0.5) is 10.8 Å². The van der Waals surface area contributed by atoms with Crippen LogP contribution in [-0.2, 0) is 10.0 Å². The molecule has 0 radical (unpaired) electrons. The molecule has 7 nitrogen and oxygen atoms in total. The van der Waals surface area contributed by atoms with Gasteiger partial charge in [-0.25, -0.2) is 12.7 Å². The third-order valence-electron chi connectivity index (χ3n) is 3.95. The summed E-state index contributed by atoms with van der Waals surface area (Å²) in [6.07, 6.45) is 2.01. The van der Waals surface area contributed by atoms with Gasteiger partial charge in [0.05, 0.1) is 0 Å². The van der Waals surface area contributed by atoms with E-state index >= 15 is 0 Å². The van der Waals surface area contributed by atoms with E-state index in [-0.39, 0.29) is 10.7 Å². The fourth-order valence-corrected chi connectivity index (χ4v) is 4.75. The van der Waals surface area contributed by atoms with Crippen LogP contribution in [0.5, 0.6) is 0 Å². The van der Waals surface area contributed by atoms with E-state index in [0.29, 0.717) is 11.0 Å². The van der Waals surface area contributed by atoms with Crippen LogP contribution in [0.2, 0.25) is 0 Å². The molecule has 2 N–H and O–H groups in total. The highest BCUT2D eigenvalue weighted by Gasteiger charge is 2.32. The average molecular weight is 333 g/mol. The molecule has 1 aliphatic heterocycles. The standard InChI is InChI=1S/C12H23N5O2S2/c1-15(2)21(18,19)10-11(13)14-20-12(10)17(4)9-5-7-16(3)8-6-9/h9H,5-8H2,1-4H3,(H2,13,14). The van der Waals surface area contributed by atoms with Crippen LogP contribution in [0.1, 0.15) is 12.8 Å². The van der Waals surface area contributed by atoms with E-state index in [2.05, 4.69) is 16.3 Å². The Kier molecular flexibility index (Phi) is 4.76. The van der Waals surface area contributed by atoms with Gasteiger partial charge < -0.3 is 15.5 Å². The van der Waals surface area contributed by atoms with Crippen LogP contribution in [-0.4, -0.2) is 69.3 Å². The Morgan fingerprint density at radius 2 is 1.86 bits per heavy atom. The van der Waals surface area contributed by atoms with Gasteiger partial charge in [0.25, 0.3) is 0 Å². The second-order valence-corrected chi connectivity index (χ2v) is 8.48. The number of likely N-dealkylation sites (tertiary alicyclic amines) is 1. The number of aromatic nitrogens is 1. The zero-order chi connectivity index (χ0) is 15.8. The van der Waals surface area contributed by atoms with Crippen LogP contribution in [0, 0.1) is 0 Å². The molecule has 1 aromatic heterocycles. The van der Waals surface area contributed by atoms with Gasteiger partial charge in [-0.05, 0) is 44.5 Å². The van der Waals surface area contributed by atoms with Gasteiger partial charge in [-0.2, -0.15) is 4.37 Å². The van der Waals surface area contributed by atoms with Gasteiger partial charge in [0.2, 0.25) is 10.0 Å². The molecule has 0 aliphatic carbocycles. The SMILES string of the molecule is CN1CCC(N(C)c2snc(N)c2S(=O)(=O)N(C)C)CC1. The van der Waals surface area contributed by atoms with E-state index in [4.69, 9.17) is 5.73 Å². The summed E-state index contributed by atoms with van der Waals surface area (Å²) in [7, 11) is 3.45. The van der Waals surface area contributed by atoms with E-state index < -0.39 is 10.0 Å². The Morgan fingerprint density at radius 3 is 2.38 bits per heavy atom. The maximum absolute atomic E-state index is 12.5. The van der Waals surface area contributed by atoms with Gasteiger partial charge in [0.1, 0.15) is 5.00 Å². The summed E-state index contributed by atoms with van der Waals surface area (Å²) in [6, 6.07) is 0.317. The average Bonchev–Trinajstić information content (AvgIpc) is 2.81. The normalized spacial score (nSPS) is 18.3. The second-order valence-electron chi connectivity index (χ2n) is 5.63. The Balaban J connectivity index is 2.33. The van der Waals surface area contributed by atoms with Gasteiger partial charge in [-0.15, -0.1) is 0 Å². The maximum Gasteiger partial charge on any atom is 0.249 e. The zero-order valence-corrected chi connectivity index (χ0v) is 14.5. The number of hydrogen-bond acceptors (Lipinski definition) is 7. The number of piperidine rings is 1. The topological polar surface area (TPSA) is 82.8 Å². The number of sulfonamides is 1. The van der Waals surface area contributed by atoms with E-state index in [1.807, 2.05) is 11.9 Å². The first-order valence-corrected chi connectivity index (χ1v) is 9.05. The Hall–Kier alpha value is -0.900. The summed E-state index contributed by atoms with van der Waals surface area (Å²) in [5, 5.41) is 0.635. The van der Waals surface area contributed by atoms with Crippen molar-refractivity contribution in [1.82, 2.24) is 13.6 Å². The minimum Gasteiger partial charge on any atom is -0.382 e. The largest absolute Gasteiger partial charge is 0.382 e. The van der Waals surface area contributed by atoms with Gasteiger partial charge in [0.15, 0.2) is 10.7 Å². The van der Waals surface area contributed by atoms with Crippen molar-refractivity contribution in [3.63, 3.8) is 0 Å². The molecule has 120 valence electrons. The van der Waals surface area contributed by atoms with Gasteiger partial charge in [-0.1, -0.05) is 0 Å². The third-order valence-corrected chi connectivity index (χ3v) is 6.91. The number of hydrogen-bond donors (Lipinski definition) is 1. The van der Waals surface area contributed by atoms with Crippen LogP contribution >= 0.6 is 11.5 Å². The van der Waals surface area contributed by atoms with E-state index in [1.165, 1.54) is 18.4 Å². The molecule has 0 atom stereocenters. The molecule has 0 spiro atoms. The first-order valence-electron chi connectivity index (χ1n) is 6.84. The number of nitrogens with two attached hydrogens (primary N) is 1. The molecule has 0 aromatic carbocycles. The molecule has 21 heavy (non-hydrogen) atoms. The molecule has 2 heterocycles. The van der Waals surface area contributed by atoms with E-state index in [9.17, 15) is 8.42 Å². The molecule has 0 amide bonds. The van der Waals surface area contributed by atoms with Crippen molar-refractivity contribution in [1.29, 1.82) is 0 Å². The van der Waals surface area contributed by atoms with Crippen molar-refractivity contribution in [2.24, 2.45) is 0 Å². The van der Waals surface area contributed by atoms with Crippen LogP contribution in [0.15, 0.2) is 4.90 Å². The minimum absolute atomic E-state index is 0.0866. The number of anilines is 2. The highest BCUT2D eigenvalue weighted by atomic mass is 32.2. The van der Waals surface area contributed by atoms with E-state index in [0.717, 1.165) is 37.5 Å². The second kappa shape index (κ2) is 6.07. The summed E-state index contributed by atoms with van der Waals surface area (Å²) < 4.78 is 30.1. The first-order chi connectivity index (χ1) is 9.75. The Morgan fingerprint density at radius 1 is 1.29 bits per heavy atom. The van der Waals surface area contributed by atoms with Crippen molar-refractivity contribution in [3.8, 4) is 0 Å². The molecule has 1 saturated heterocycles. The molecule has 1 fully saturated rings. The van der Waals surface area contributed by atoms with Crippen LogP contribution in [0.3, 0.4) is 0 Å². The highest BCUT2D eigenvalue weighted by molar-refractivity contribution is 7.89. The summed E-state index contributed by atoms with van der Waals surface area (Å²) in [5.41, 5.74) is 5.81. The lowest BCUT2D eigenvalue weighted by Crippen LogP contribution is -2.42. The molecule has 1 aliphatic rings. The Labute approximate surface area is 130 Å². The lowest BCUT2D eigenvalue weighted by molar-refractivity contribution is 0.253. The highest BCUT2D eigenvalue weighted by Crippen LogP contribution is 2.37. The molecule has 0 unspecified atom stereocenters. The number of nitrogens with zero attached hydrogens (tertiary/aromatic N) is 4. The van der Waals surface area contributed by atoms with Gasteiger partial charge in [-0.3, -0.25) is 0 Å². The van der Waals surface area contributed by atoms with Crippen LogP contribution in [0.25, 0.3) is 0 Å². The predicted octanol–water partition coefficient (Wildman–Crippen LogP) is 0.506. The quantitative estimate of drug-likeness (QED) is 0.864. The molecular formula is C12H23N5O2S2. The van der Waals surface area contributed by atoms with Crippen LogP contribution < -0.4 is 10.6 Å². The van der Waals surface area contributed by atoms with Crippen molar-refractivity contribution < 1.29 is 8.42 Å². The monoisotopic (exact) mass is 333 g/mol. The predicted molar refractivity (Wildman–Crippen MR) is 86.3 cm³/mol. The van der Waals surface area contributed by atoms with E-state index in [1.54, 1.807) is 0 Å². The fourth-order valence-electron chi connectivity index (χ4n) is 2.48. The molecule has 0 bridgehead atoms. The first kappa shape index (κ1) is 16.5. The summed E-state index contributed by atoms with van der Waals surface area (Å²) in [4.78, 5) is 4.44. The number of rotatable bonds is 4. The molecule has 9 heteroatoms. The van der Waals surface area contributed by atoms with Crippen molar-refractivity contribution in [2.45, 2.75) is 23.8 Å². The zero-order valence-electron chi connectivity index (χ0n) is 12.9. The summed E-state index contributed by atoms with van der Waals surface area (Å²) >= 11 is 1.15. The lowest BCUT2D eigenvalue weighted by Gasteiger charge is -2.35. The van der Waals surface area contributed by atoms with Gasteiger partial charge in [0, 0.05) is 27.2 Å². The Bertz CT molecular complexity index is 591. The van der Waals surface area contributed by atoms with Gasteiger partial charge >= 0.3 is 0 Å². The summed E-state index contributed by atoms with van der Waals surface area (Å²) in [5.74, 6) is 0.0866. The smallest absolute Gasteiger partial charge is 0.249 e.